The lowest BCUT2D eigenvalue weighted by Gasteiger charge is -2.32. The Balaban J connectivity index is 1.52. The third-order valence-corrected chi connectivity index (χ3v) is 6.32. The fourth-order valence-electron chi connectivity index (χ4n) is 4.23. The third-order valence-electron chi connectivity index (χ3n) is 6.09. The van der Waals surface area contributed by atoms with Crippen molar-refractivity contribution < 1.29 is 9.59 Å². The minimum atomic E-state index is -0.228. The van der Waals surface area contributed by atoms with Crippen LogP contribution in [-0.4, -0.2) is 59.8 Å². The van der Waals surface area contributed by atoms with Crippen LogP contribution in [0, 0.1) is 0 Å². The Bertz CT molecular complexity index is 1280. The molecule has 0 aliphatic carbocycles. The predicted octanol–water partition coefficient (Wildman–Crippen LogP) is 4.06. The summed E-state index contributed by atoms with van der Waals surface area (Å²) in [4.78, 5) is 34.6. The number of piperazine rings is 1. The van der Waals surface area contributed by atoms with Crippen LogP contribution >= 0.6 is 11.6 Å². The molecule has 2 aromatic carbocycles. The third kappa shape index (κ3) is 4.40. The highest BCUT2D eigenvalue weighted by molar-refractivity contribution is 6.38. The Morgan fingerprint density at radius 2 is 1.76 bits per heavy atom. The molecule has 3 aromatic rings. The number of hydrogen-bond acceptors (Lipinski definition) is 5. The number of fused-ring (bicyclic) bond motifs is 1. The second-order valence-corrected chi connectivity index (χ2v) is 8.85. The van der Waals surface area contributed by atoms with Crippen LogP contribution in [0.1, 0.15) is 21.5 Å². The first kappa shape index (κ1) is 22.1. The van der Waals surface area contributed by atoms with E-state index in [4.69, 9.17) is 11.6 Å². The number of amides is 2. The first-order valence-electron chi connectivity index (χ1n) is 11.1. The van der Waals surface area contributed by atoms with Gasteiger partial charge in [-0.15, -0.1) is 0 Å². The van der Waals surface area contributed by atoms with Crippen molar-refractivity contribution >= 4 is 46.2 Å². The highest BCUT2D eigenvalue weighted by Crippen LogP contribution is 2.38. The van der Waals surface area contributed by atoms with E-state index >= 15 is 0 Å². The monoisotopic (exact) mass is 473 g/mol. The van der Waals surface area contributed by atoms with E-state index in [-0.39, 0.29) is 11.8 Å². The molecular weight excluding hydrogens is 450 g/mol. The van der Waals surface area contributed by atoms with Crippen molar-refractivity contribution in [3.8, 4) is 0 Å². The highest BCUT2D eigenvalue weighted by atomic mass is 35.5. The summed E-state index contributed by atoms with van der Waals surface area (Å²) in [6.45, 7) is 3.09. The van der Waals surface area contributed by atoms with E-state index in [0.717, 1.165) is 24.2 Å². The molecule has 5 rings (SSSR count). The molecule has 0 radical (unpaired) electrons. The second-order valence-electron chi connectivity index (χ2n) is 8.41. The lowest BCUT2D eigenvalue weighted by atomic mass is 10.0. The number of hydrogen-bond donors (Lipinski definition) is 2. The molecule has 0 bridgehead atoms. The van der Waals surface area contributed by atoms with Gasteiger partial charge >= 0.3 is 0 Å². The summed E-state index contributed by atoms with van der Waals surface area (Å²) in [6.07, 6.45) is 1.61. The summed E-state index contributed by atoms with van der Waals surface area (Å²) in [5.41, 5.74) is 3.90. The Hall–Kier alpha value is -3.68. The average Bonchev–Trinajstić information content (AvgIpc) is 3.17. The lowest BCUT2D eigenvalue weighted by molar-refractivity contribution is -0.110. The number of nitrogens with one attached hydrogen (secondary N) is 2. The van der Waals surface area contributed by atoms with Gasteiger partial charge < -0.3 is 20.4 Å². The average molecular weight is 474 g/mol. The van der Waals surface area contributed by atoms with E-state index in [0.29, 0.717) is 46.5 Å². The summed E-state index contributed by atoms with van der Waals surface area (Å²) in [6, 6.07) is 18.4. The van der Waals surface area contributed by atoms with Crippen LogP contribution in [0.5, 0.6) is 0 Å². The number of anilines is 2. The van der Waals surface area contributed by atoms with Gasteiger partial charge in [0.05, 0.1) is 17.0 Å². The molecule has 0 unspecified atom stereocenters. The predicted molar refractivity (Wildman–Crippen MR) is 135 cm³/mol. The number of likely N-dealkylation sites (N-methyl/N-ethyl adjacent to an activating group) is 1. The van der Waals surface area contributed by atoms with Crippen molar-refractivity contribution in [2.24, 2.45) is 0 Å². The number of benzene rings is 2. The van der Waals surface area contributed by atoms with Crippen molar-refractivity contribution in [1.82, 2.24) is 14.8 Å². The van der Waals surface area contributed by atoms with E-state index < -0.39 is 0 Å². The van der Waals surface area contributed by atoms with Gasteiger partial charge in [0.1, 0.15) is 5.82 Å². The normalized spacial score (nSPS) is 17.2. The maximum atomic E-state index is 13.1. The number of rotatable bonds is 4. The fraction of sp³-hybridized carbons (Fsp3) is 0.192. The van der Waals surface area contributed by atoms with Gasteiger partial charge in [0.2, 0.25) is 0 Å². The van der Waals surface area contributed by atoms with Crippen molar-refractivity contribution in [3.63, 3.8) is 0 Å². The minimum absolute atomic E-state index is 0.0222. The van der Waals surface area contributed by atoms with Crippen LogP contribution in [0.25, 0.3) is 11.3 Å². The van der Waals surface area contributed by atoms with Gasteiger partial charge in [-0.05, 0) is 36.9 Å². The topological polar surface area (TPSA) is 77.6 Å². The van der Waals surface area contributed by atoms with Crippen LogP contribution in [0.2, 0.25) is 5.02 Å². The Labute approximate surface area is 203 Å². The van der Waals surface area contributed by atoms with Crippen LogP contribution in [-0.2, 0) is 4.79 Å². The number of halogens is 1. The molecule has 2 amide bonds. The fourth-order valence-corrected chi connectivity index (χ4v) is 4.40. The summed E-state index contributed by atoms with van der Waals surface area (Å²) in [5.74, 6) is 0.237. The van der Waals surface area contributed by atoms with E-state index in [1.807, 2.05) is 41.3 Å². The Kier molecular flexibility index (Phi) is 6.04. The molecule has 0 atom stereocenters. The Morgan fingerprint density at radius 1 is 1.00 bits per heavy atom. The zero-order valence-electron chi connectivity index (χ0n) is 18.7. The van der Waals surface area contributed by atoms with E-state index in [2.05, 4.69) is 27.6 Å². The molecule has 2 aliphatic rings. The molecule has 1 saturated heterocycles. The quantitative estimate of drug-likeness (QED) is 0.559. The second kappa shape index (κ2) is 9.29. The Morgan fingerprint density at radius 3 is 2.53 bits per heavy atom. The molecule has 0 spiro atoms. The molecule has 8 heteroatoms. The zero-order chi connectivity index (χ0) is 23.7. The van der Waals surface area contributed by atoms with Crippen molar-refractivity contribution in [3.05, 3.63) is 88.6 Å². The van der Waals surface area contributed by atoms with Crippen LogP contribution in [0.4, 0.5) is 11.5 Å². The largest absolute Gasteiger partial charge is 0.339 e. The standard InChI is InChI=1S/C26H24ClN5O2/c1-31-11-13-32(14-12-31)26(34)18-9-10-28-22(15-18)30-24(17-5-3-2-4-6-17)23-20-8-7-19(27)16-21(20)29-25(23)33/h2-10,15-16H,11-14H2,1H3,(H,28,30)(H,29,33)/b24-23-. The van der Waals surface area contributed by atoms with Gasteiger partial charge in [0.15, 0.2) is 0 Å². The number of aromatic nitrogens is 1. The number of carbonyl (C=O) groups excluding carboxylic acids is 2. The maximum absolute atomic E-state index is 13.1. The minimum Gasteiger partial charge on any atom is -0.339 e. The van der Waals surface area contributed by atoms with Gasteiger partial charge in [-0.25, -0.2) is 4.98 Å². The smallest absolute Gasteiger partial charge is 0.258 e. The van der Waals surface area contributed by atoms with Gasteiger partial charge in [0, 0.05) is 48.5 Å². The molecule has 1 aromatic heterocycles. The summed E-state index contributed by atoms with van der Waals surface area (Å²) in [7, 11) is 2.06. The summed E-state index contributed by atoms with van der Waals surface area (Å²) >= 11 is 6.13. The molecule has 7 nitrogen and oxygen atoms in total. The first-order chi connectivity index (χ1) is 16.5. The molecule has 2 N–H and O–H groups in total. The van der Waals surface area contributed by atoms with Crippen LogP contribution in [0.15, 0.2) is 66.9 Å². The lowest BCUT2D eigenvalue weighted by Crippen LogP contribution is -2.47. The number of pyridine rings is 1. The number of carbonyl (C=O) groups is 2. The summed E-state index contributed by atoms with van der Waals surface area (Å²) in [5, 5.41) is 6.77. The van der Waals surface area contributed by atoms with Crippen molar-refractivity contribution in [1.29, 1.82) is 0 Å². The van der Waals surface area contributed by atoms with Gasteiger partial charge in [0.25, 0.3) is 11.8 Å². The van der Waals surface area contributed by atoms with Crippen molar-refractivity contribution in [2.75, 3.05) is 43.9 Å². The van der Waals surface area contributed by atoms with Crippen LogP contribution in [0.3, 0.4) is 0 Å². The van der Waals surface area contributed by atoms with Crippen LogP contribution < -0.4 is 10.6 Å². The van der Waals surface area contributed by atoms with Gasteiger partial charge in [-0.1, -0.05) is 48.0 Å². The maximum Gasteiger partial charge on any atom is 0.258 e. The van der Waals surface area contributed by atoms with E-state index in [1.54, 1.807) is 30.5 Å². The van der Waals surface area contributed by atoms with Gasteiger partial charge in [-0.3, -0.25) is 9.59 Å². The van der Waals surface area contributed by atoms with Gasteiger partial charge in [-0.2, -0.15) is 0 Å². The molecule has 0 saturated carbocycles. The molecule has 34 heavy (non-hydrogen) atoms. The zero-order valence-corrected chi connectivity index (χ0v) is 19.5. The molecular formula is C26H24ClN5O2. The summed E-state index contributed by atoms with van der Waals surface area (Å²) < 4.78 is 0. The molecule has 3 heterocycles. The molecule has 2 aliphatic heterocycles. The highest BCUT2D eigenvalue weighted by Gasteiger charge is 2.29. The first-order valence-corrected chi connectivity index (χ1v) is 11.5. The number of nitrogens with zero attached hydrogens (tertiary/aromatic N) is 3. The SMILES string of the molecule is CN1CCN(C(=O)c2ccnc(N/C(=C3\C(=O)Nc4cc(Cl)ccc43)c3ccccc3)c2)CC1. The molecule has 172 valence electrons. The van der Waals surface area contributed by atoms with E-state index in [9.17, 15) is 9.59 Å². The molecule has 1 fully saturated rings. The van der Waals surface area contributed by atoms with E-state index in [1.165, 1.54) is 0 Å². The van der Waals surface area contributed by atoms with Crippen molar-refractivity contribution in [2.45, 2.75) is 0 Å².